The number of carbonyl (C=O) groups excluding carboxylic acids is 2. The second-order valence-electron chi connectivity index (χ2n) is 6.24. The summed E-state index contributed by atoms with van der Waals surface area (Å²) in [7, 11) is 1.11. The molecule has 8 heteroatoms. The minimum absolute atomic E-state index is 0.155. The van der Waals surface area contributed by atoms with Gasteiger partial charge >= 0.3 is 5.97 Å². The Morgan fingerprint density at radius 1 is 1.21 bits per heavy atom. The molecule has 3 aromatic rings. The number of benzene rings is 2. The fourth-order valence-corrected chi connectivity index (χ4v) is 3.88. The van der Waals surface area contributed by atoms with E-state index >= 15 is 0 Å². The Labute approximate surface area is 175 Å². The van der Waals surface area contributed by atoms with Crippen LogP contribution < -0.4 is 0 Å². The number of aliphatic hydroxyl groups excluding tert-OH is 1. The second kappa shape index (κ2) is 9.07. The van der Waals surface area contributed by atoms with Gasteiger partial charge in [-0.05, 0) is 52.2 Å². The van der Waals surface area contributed by atoms with Crippen molar-refractivity contribution in [2.24, 2.45) is 0 Å². The van der Waals surface area contributed by atoms with Crippen molar-refractivity contribution in [1.29, 1.82) is 0 Å². The third kappa shape index (κ3) is 5.13. The molecule has 0 fully saturated rings. The number of hydrogen-bond acceptors (Lipinski definition) is 5. The molecular weight excluding hydrogens is 417 g/mol. The van der Waals surface area contributed by atoms with Gasteiger partial charge in [-0.1, -0.05) is 23.7 Å². The van der Waals surface area contributed by atoms with Crippen LogP contribution in [0.2, 0.25) is 5.02 Å². The van der Waals surface area contributed by atoms with Gasteiger partial charge in [0.2, 0.25) is 5.76 Å². The van der Waals surface area contributed by atoms with Crippen LogP contribution in [0, 0.1) is 5.82 Å². The number of esters is 1. The topological polar surface area (TPSA) is 66.8 Å². The molecule has 0 saturated carbocycles. The Morgan fingerprint density at radius 2 is 1.93 bits per heavy atom. The number of halogens is 2. The van der Waals surface area contributed by atoms with Crippen LogP contribution in [-0.2, 0) is 27.4 Å². The summed E-state index contributed by atoms with van der Waals surface area (Å²) in [4.78, 5) is 25.6. The minimum Gasteiger partial charge on any atom is -0.502 e. The fourth-order valence-electron chi connectivity index (χ4n) is 2.78. The molecule has 0 spiro atoms. The van der Waals surface area contributed by atoms with Crippen molar-refractivity contribution >= 4 is 44.9 Å². The summed E-state index contributed by atoms with van der Waals surface area (Å²) in [6.07, 6.45) is 0.816. The summed E-state index contributed by atoms with van der Waals surface area (Å²) < 4.78 is 18.7. The maximum absolute atomic E-state index is 13.2. The molecular formula is C21H17ClFNO4S. The number of methoxy groups -OCH3 is 1. The van der Waals surface area contributed by atoms with Gasteiger partial charge in [0.1, 0.15) is 5.82 Å². The highest BCUT2D eigenvalue weighted by molar-refractivity contribution is 7.17. The number of carbonyl (C=O) groups is 2. The summed E-state index contributed by atoms with van der Waals surface area (Å²) in [5.74, 6) is -2.76. The highest BCUT2D eigenvalue weighted by Gasteiger charge is 2.18. The van der Waals surface area contributed by atoms with E-state index in [1.807, 2.05) is 17.5 Å². The van der Waals surface area contributed by atoms with Crippen LogP contribution in [0.3, 0.4) is 0 Å². The minimum atomic E-state index is -1.01. The summed E-state index contributed by atoms with van der Waals surface area (Å²) in [5, 5.41) is 13.2. The third-order valence-corrected chi connectivity index (χ3v) is 5.48. The molecule has 1 N–H and O–H groups in total. The first-order chi connectivity index (χ1) is 13.9. The van der Waals surface area contributed by atoms with E-state index in [1.54, 1.807) is 18.2 Å². The average Bonchev–Trinajstić information content (AvgIpc) is 3.10. The van der Waals surface area contributed by atoms with E-state index in [0.29, 0.717) is 10.6 Å². The van der Waals surface area contributed by atoms with E-state index in [0.717, 1.165) is 28.8 Å². The molecule has 29 heavy (non-hydrogen) atoms. The van der Waals surface area contributed by atoms with Crippen LogP contribution in [0.5, 0.6) is 0 Å². The summed E-state index contributed by atoms with van der Waals surface area (Å²) in [5.41, 5.74) is 1.57. The van der Waals surface area contributed by atoms with Crippen LogP contribution in [0.25, 0.3) is 10.1 Å². The number of nitrogens with zero attached hydrogens (tertiary/aromatic N) is 1. The Morgan fingerprint density at radius 3 is 2.62 bits per heavy atom. The maximum Gasteiger partial charge on any atom is 0.373 e. The molecule has 0 atom stereocenters. The Kier molecular flexibility index (Phi) is 6.51. The molecule has 1 amide bonds. The van der Waals surface area contributed by atoms with Gasteiger partial charge in [0.05, 0.1) is 13.2 Å². The number of hydrogen-bond donors (Lipinski definition) is 1. The molecule has 0 unspecified atom stereocenters. The Balaban J connectivity index is 1.92. The predicted molar refractivity (Wildman–Crippen MR) is 110 cm³/mol. The van der Waals surface area contributed by atoms with Gasteiger partial charge in [-0.2, -0.15) is 0 Å². The molecule has 0 aliphatic carbocycles. The van der Waals surface area contributed by atoms with Crippen LogP contribution in [-0.4, -0.2) is 29.0 Å². The highest BCUT2D eigenvalue weighted by Crippen LogP contribution is 2.30. The maximum atomic E-state index is 13.2. The zero-order chi connectivity index (χ0) is 21.0. The number of ether oxygens (including phenoxy) is 1. The molecule has 3 rings (SSSR count). The lowest BCUT2D eigenvalue weighted by molar-refractivity contribution is -0.139. The number of fused-ring (bicyclic) bond motifs is 1. The average molecular weight is 434 g/mol. The van der Waals surface area contributed by atoms with Crippen LogP contribution in [0.15, 0.2) is 59.7 Å². The number of amides is 1. The van der Waals surface area contributed by atoms with Gasteiger partial charge < -0.3 is 14.7 Å². The summed E-state index contributed by atoms with van der Waals surface area (Å²) in [6.45, 7) is 0.365. The smallest absolute Gasteiger partial charge is 0.373 e. The van der Waals surface area contributed by atoms with Crippen molar-refractivity contribution in [3.8, 4) is 0 Å². The summed E-state index contributed by atoms with van der Waals surface area (Å²) >= 11 is 7.63. The van der Waals surface area contributed by atoms with Crippen molar-refractivity contribution in [1.82, 2.24) is 4.90 Å². The monoisotopic (exact) mass is 433 g/mol. The molecule has 1 heterocycles. The summed E-state index contributed by atoms with van der Waals surface area (Å²) in [6, 6.07) is 11.3. The van der Waals surface area contributed by atoms with Crippen molar-refractivity contribution in [2.45, 2.75) is 13.1 Å². The molecule has 0 radical (unpaired) electrons. The van der Waals surface area contributed by atoms with E-state index in [1.165, 1.54) is 28.4 Å². The third-order valence-electron chi connectivity index (χ3n) is 4.23. The van der Waals surface area contributed by atoms with Crippen molar-refractivity contribution in [3.63, 3.8) is 0 Å². The molecule has 1 aromatic heterocycles. The van der Waals surface area contributed by atoms with Crippen LogP contribution in [0.1, 0.15) is 11.1 Å². The Hall–Kier alpha value is -2.90. The van der Waals surface area contributed by atoms with E-state index in [2.05, 4.69) is 4.74 Å². The SMILES string of the molecule is COC(=O)C(O)=CC(=O)N(Cc1ccc(F)cc1)Cc1csc2ccc(Cl)cc12. The lowest BCUT2D eigenvalue weighted by atomic mass is 10.1. The van der Waals surface area contributed by atoms with Gasteiger partial charge in [-0.15, -0.1) is 11.3 Å². The number of aliphatic hydroxyl groups is 1. The number of rotatable bonds is 6. The second-order valence-corrected chi connectivity index (χ2v) is 7.59. The first kappa shape index (κ1) is 20.8. The largest absolute Gasteiger partial charge is 0.502 e. The molecule has 0 aliphatic rings. The molecule has 0 bridgehead atoms. The zero-order valence-corrected chi connectivity index (χ0v) is 17.0. The normalized spacial score (nSPS) is 11.5. The molecule has 0 saturated heterocycles. The first-order valence-electron chi connectivity index (χ1n) is 8.55. The molecule has 5 nitrogen and oxygen atoms in total. The quantitative estimate of drug-likeness (QED) is 0.343. The zero-order valence-electron chi connectivity index (χ0n) is 15.4. The molecule has 150 valence electrons. The van der Waals surface area contributed by atoms with Gasteiger partial charge in [-0.3, -0.25) is 4.79 Å². The van der Waals surface area contributed by atoms with Gasteiger partial charge in [0, 0.05) is 22.8 Å². The molecule has 2 aromatic carbocycles. The lowest BCUT2D eigenvalue weighted by Crippen LogP contribution is -2.29. The van der Waals surface area contributed by atoms with Gasteiger partial charge in [0.25, 0.3) is 5.91 Å². The molecule has 0 aliphatic heterocycles. The van der Waals surface area contributed by atoms with Crippen LogP contribution >= 0.6 is 22.9 Å². The fraction of sp³-hybridized carbons (Fsp3) is 0.143. The highest BCUT2D eigenvalue weighted by atomic mass is 35.5. The van der Waals surface area contributed by atoms with Gasteiger partial charge in [0.15, 0.2) is 0 Å². The van der Waals surface area contributed by atoms with E-state index in [-0.39, 0.29) is 18.9 Å². The van der Waals surface area contributed by atoms with Gasteiger partial charge in [-0.25, -0.2) is 9.18 Å². The Bertz CT molecular complexity index is 1080. The standard InChI is InChI=1S/C21H17ClFNO4S/c1-28-21(27)18(25)9-20(26)24(10-13-2-5-16(23)6-3-13)11-14-12-29-19-7-4-15(22)8-17(14)19/h2-9,12,25H,10-11H2,1H3. The van der Waals surface area contributed by atoms with Crippen LogP contribution in [0.4, 0.5) is 4.39 Å². The van der Waals surface area contributed by atoms with Crippen molar-refractivity contribution in [3.05, 3.63) is 81.6 Å². The first-order valence-corrected chi connectivity index (χ1v) is 9.81. The number of thiophene rings is 1. The van der Waals surface area contributed by atoms with E-state index in [4.69, 9.17) is 11.6 Å². The lowest BCUT2D eigenvalue weighted by Gasteiger charge is -2.21. The van der Waals surface area contributed by atoms with Crippen molar-refractivity contribution < 1.29 is 23.8 Å². The van der Waals surface area contributed by atoms with E-state index < -0.39 is 17.6 Å². The van der Waals surface area contributed by atoms with Crippen molar-refractivity contribution in [2.75, 3.05) is 7.11 Å². The van der Waals surface area contributed by atoms with E-state index in [9.17, 15) is 19.1 Å². The predicted octanol–water partition coefficient (Wildman–Crippen LogP) is 4.84.